The molecule has 1 amide bonds. The highest BCUT2D eigenvalue weighted by Gasteiger charge is 2.39. The highest BCUT2D eigenvalue weighted by atomic mass is 19.4. The molecule has 0 aliphatic rings. The van der Waals surface area contributed by atoms with Gasteiger partial charge in [0.25, 0.3) is 5.91 Å². The Labute approximate surface area is 130 Å². The summed E-state index contributed by atoms with van der Waals surface area (Å²) in [6.07, 6.45) is -4.48. The van der Waals surface area contributed by atoms with Crippen molar-refractivity contribution in [3.63, 3.8) is 0 Å². The van der Waals surface area contributed by atoms with Crippen LogP contribution in [-0.2, 0) is 0 Å². The molecule has 124 valence electrons. The summed E-state index contributed by atoms with van der Waals surface area (Å²) in [6.45, 7) is 0.921. The lowest BCUT2D eigenvalue weighted by Crippen LogP contribution is -2.41. The molecule has 1 N–H and O–H groups in total. The van der Waals surface area contributed by atoms with Crippen LogP contribution < -0.4 is 0 Å². The summed E-state index contributed by atoms with van der Waals surface area (Å²) >= 11 is 0. The topological polar surface area (TPSA) is 71.2 Å². The average molecular weight is 328 g/mol. The molecular weight excluding hydrogens is 313 g/mol. The van der Waals surface area contributed by atoms with Crippen LogP contribution in [0.15, 0.2) is 30.9 Å². The molecule has 1 aromatic heterocycles. The number of hydrogen-bond acceptors (Lipinski definition) is 4. The maximum absolute atomic E-state index is 12.3. The Bertz CT molecular complexity index is 686. The van der Waals surface area contributed by atoms with E-state index in [2.05, 4.69) is 10.1 Å². The van der Waals surface area contributed by atoms with Crippen LogP contribution >= 0.6 is 0 Å². The van der Waals surface area contributed by atoms with Crippen LogP contribution in [-0.4, -0.2) is 56.6 Å². The van der Waals surface area contributed by atoms with E-state index in [4.69, 9.17) is 5.11 Å². The molecule has 0 spiro atoms. The minimum atomic E-state index is -4.76. The van der Waals surface area contributed by atoms with E-state index in [9.17, 15) is 18.0 Å². The summed E-state index contributed by atoms with van der Waals surface area (Å²) in [5, 5.41) is 13.0. The lowest BCUT2D eigenvalue weighted by molar-refractivity contribution is -0.205. The summed E-state index contributed by atoms with van der Waals surface area (Å²) in [5.74, 6) is -0.610. The molecular formula is C14H15F3N4O2. The van der Waals surface area contributed by atoms with Gasteiger partial charge in [-0.1, -0.05) is 0 Å². The van der Waals surface area contributed by atoms with Crippen molar-refractivity contribution in [1.82, 2.24) is 19.7 Å². The SMILES string of the molecule is Cc1cc(C(=O)N(C)CC(O)C(F)(F)F)ccc1-n1cncn1. The molecule has 6 nitrogen and oxygen atoms in total. The monoisotopic (exact) mass is 328 g/mol. The lowest BCUT2D eigenvalue weighted by atomic mass is 10.1. The smallest absolute Gasteiger partial charge is 0.382 e. The van der Waals surface area contributed by atoms with Gasteiger partial charge in [0.1, 0.15) is 12.7 Å². The third-order valence-electron chi connectivity index (χ3n) is 3.28. The number of aromatic nitrogens is 3. The lowest BCUT2D eigenvalue weighted by Gasteiger charge is -2.22. The molecule has 1 unspecified atom stereocenters. The number of benzene rings is 1. The minimum Gasteiger partial charge on any atom is -0.382 e. The molecule has 2 rings (SSSR count). The van der Waals surface area contributed by atoms with Crippen molar-refractivity contribution >= 4 is 5.91 Å². The number of alkyl halides is 3. The Morgan fingerprint density at radius 2 is 2.13 bits per heavy atom. The Hall–Kier alpha value is -2.42. The van der Waals surface area contributed by atoms with Gasteiger partial charge in [-0.3, -0.25) is 4.79 Å². The Morgan fingerprint density at radius 3 is 2.65 bits per heavy atom. The number of hydrogen-bond donors (Lipinski definition) is 1. The van der Waals surface area contributed by atoms with E-state index >= 15 is 0 Å². The third-order valence-corrected chi connectivity index (χ3v) is 3.28. The van der Waals surface area contributed by atoms with Crippen molar-refractivity contribution in [2.75, 3.05) is 13.6 Å². The van der Waals surface area contributed by atoms with E-state index < -0.39 is 24.7 Å². The standard InChI is InChI=1S/C14H15F3N4O2/c1-9-5-10(3-4-11(9)21-8-18-7-19-21)13(23)20(2)6-12(22)14(15,16)17/h3-5,7-8,12,22H,6H2,1-2H3. The van der Waals surface area contributed by atoms with Crippen molar-refractivity contribution in [3.8, 4) is 5.69 Å². The van der Waals surface area contributed by atoms with E-state index in [-0.39, 0.29) is 5.56 Å². The van der Waals surface area contributed by atoms with Crippen LogP contribution in [0.25, 0.3) is 5.69 Å². The molecule has 0 saturated carbocycles. The number of carbonyl (C=O) groups excluding carboxylic acids is 1. The van der Waals surface area contributed by atoms with Crippen LogP contribution in [0.2, 0.25) is 0 Å². The van der Waals surface area contributed by atoms with Gasteiger partial charge in [-0.05, 0) is 30.7 Å². The predicted molar refractivity (Wildman–Crippen MR) is 75.1 cm³/mol. The quantitative estimate of drug-likeness (QED) is 0.925. The van der Waals surface area contributed by atoms with Gasteiger partial charge < -0.3 is 10.0 Å². The zero-order valence-electron chi connectivity index (χ0n) is 12.4. The van der Waals surface area contributed by atoms with Crippen molar-refractivity contribution in [1.29, 1.82) is 0 Å². The van der Waals surface area contributed by atoms with Gasteiger partial charge >= 0.3 is 6.18 Å². The van der Waals surface area contributed by atoms with Crippen molar-refractivity contribution in [2.24, 2.45) is 0 Å². The number of nitrogens with zero attached hydrogens (tertiary/aromatic N) is 4. The van der Waals surface area contributed by atoms with Crippen LogP contribution in [0.3, 0.4) is 0 Å². The first-order chi connectivity index (χ1) is 10.7. The Morgan fingerprint density at radius 1 is 1.43 bits per heavy atom. The Kier molecular flexibility index (Phi) is 4.69. The van der Waals surface area contributed by atoms with Crippen LogP contribution in [0, 0.1) is 6.92 Å². The van der Waals surface area contributed by atoms with Gasteiger partial charge in [-0.15, -0.1) is 0 Å². The molecule has 0 radical (unpaired) electrons. The number of aryl methyl sites for hydroxylation is 1. The van der Waals surface area contributed by atoms with Crippen molar-refractivity contribution < 1.29 is 23.1 Å². The van der Waals surface area contributed by atoms with E-state index in [1.165, 1.54) is 30.5 Å². The molecule has 1 aromatic carbocycles. The second-order valence-electron chi connectivity index (χ2n) is 5.08. The molecule has 0 aliphatic heterocycles. The number of amides is 1. The first-order valence-electron chi connectivity index (χ1n) is 6.66. The molecule has 0 fully saturated rings. The molecule has 0 saturated heterocycles. The van der Waals surface area contributed by atoms with Gasteiger partial charge in [0.15, 0.2) is 6.10 Å². The highest BCUT2D eigenvalue weighted by Crippen LogP contribution is 2.21. The summed E-state index contributed by atoms with van der Waals surface area (Å²) in [4.78, 5) is 16.8. The first-order valence-corrected chi connectivity index (χ1v) is 6.66. The summed E-state index contributed by atoms with van der Waals surface area (Å²) in [6, 6.07) is 4.67. The molecule has 9 heteroatoms. The fourth-order valence-electron chi connectivity index (χ4n) is 2.04. The third kappa shape index (κ3) is 3.86. The Balaban J connectivity index is 2.15. The first kappa shape index (κ1) is 16.9. The summed E-state index contributed by atoms with van der Waals surface area (Å²) in [7, 11) is 1.21. The zero-order chi connectivity index (χ0) is 17.2. The number of aliphatic hydroxyl groups is 1. The fourth-order valence-corrected chi connectivity index (χ4v) is 2.04. The van der Waals surface area contributed by atoms with Gasteiger partial charge in [0, 0.05) is 12.6 Å². The number of halogens is 3. The normalized spacial score (nSPS) is 13.0. The van der Waals surface area contributed by atoms with Crippen molar-refractivity contribution in [3.05, 3.63) is 42.0 Å². The highest BCUT2D eigenvalue weighted by molar-refractivity contribution is 5.94. The number of aliphatic hydroxyl groups excluding tert-OH is 1. The minimum absolute atomic E-state index is 0.225. The number of likely N-dealkylation sites (N-methyl/N-ethyl adjacent to an activating group) is 1. The average Bonchev–Trinajstić information content (AvgIpc) is 2.99. The summed E-state index contributed by atoms with van der Waals surface area (Å²) < 4.78 is 38.6. The molecule has 0 bridgehead atoms. The number of carbonyl (C=O) groups is 1. The van der Waals surface area contributed by atoms with Gasteiger partial charge in [-0.2, -0.15) is 18.3 Å². The van der Waals surface area contributed by atoms with Gasteiger partial charge in [-0.25, -0.2) is 9.67 Å². The largest absolute Gasteiger partial charge is 0.416 e. The van der Waals surface area contributed by atoms with E-state index in [0.717, 1.165) is 4.90 Å². The molecule has 2 aromatic rings. The van der Waals surface area contributed by atoms with E-state index in [0.29, 0.717) is 11.3 Å². The number of rotatable bonds is 4. The van der Waals surface area contributed by atoms with Crippen LogP contribution in [0.4, 0.5) is 13.2 Å². The molecule has 1 heterocycles. The van der Waals surface area contributed by atoms with Gasteiger partial charge in [0.2, 0.25) is 0 Å². The van der Waals surface area contributed by atoms with E-state index in [1.807, 2.05) is 0 Å². The zero-order valence-corrected chi connectivity index (χ0v) is 12.4. The van der Waals surface area contributed by atoms with Crippen LogP contribution in [0.1, 0.15) is 15.9 Å². The van der Waals surface area contributed by atoms with Crippen LogP contribution in [0.5, 0.6) is 0 Å². The fraction of sp³-hybridized carbons (Fsp3) is 0.357. The van der Waals surface area contributed by atoms with Crippen molar-refractivity contribution in [2.45, 2.75) is 19.2 Å². The molecule has 23 heavy (non-hydrogen) atoms. The maximum atomic E-state index is 12.3. The van der Waals surface area contributed by atoms with Gasteiger partial charge in [0.05, 0.1) is 12.2 Å². The second-order valence-corrected chi connectivity index (χ2v) is 5.08. The second kappa shape index (κ2) is 6.37. The maximum Gasteiger partial charge on any atom is 0.416 e. The van der Waals surface area contributed by atoms with E-state index in [1.54, 1.807) is 19.1 Å². The summed E-state index contributed by atoms with van der Waals surface area (Å²) in [5.41, 5.74) is 1.64. The molecule has 1 atom stereocenters. The molecule has 0 aliphatic carbocycles. The predicted octanol–water partition coefficient (Wildman–Crippen LogP) is 1.57.